The van der Waals surface area contributed by atoms with Gasteiger partial charge in [-0.05, 0) is 24.6 Å². The predicted molar refractivity (Wildman–Crippen MR) is 61.4 cm³/mol. The molecule has 0 radical (unpaired) electrons. The molecule has 0 aromatic rings. The van der Waals surface area contributed by atoms with Gasteiger partial charge in [0.25, 0.3) is 0 Å². The van der Waals surface area contributed by atoms with Gasteiger partial charge in [-0.25, -0.2) is 0 Å². The molecule has 3 nitrogen and oxygen atoms in total. The largest absolute Gasteiger partial charge is 0.370 e. The highest BCUT2D eigenvalue weighted by molar-refractivity contribution is 7.99. The minimum Gasteiger partial charge on any atom is -0.370 e. The SMILES string of the molecule is CCSCCN1CCC(CC(N)=O)C1. The van der Waals surface area contributed by atoms with Crippen LogP contribution < -0.4 is 5.73 Å². The number of likely N-dealkylation sites (tertiary alicyclic amines) is 1. The van der Waals surface area contributed by atoms with Crippen LogP contribution in [0.4, 0.5) is 0 Å². The molecule has 1 amide bonds. The van der Waals surface area contributed by atoms with Crippen LogP contribution in [0.3, 0.4) is 0 Å². The molecule has 1 rings (SSSR count). The molecule has 2 N–H and O–H groups in total. The molecule has 1 atom stereocenters. The van der Waals surface area contributed by atoms with Crippen LogP contribution in [0.15, 0.2) is 0 Å². The number of primary amides is 1. The van der Waals surface area contributed by atoms with Gasteiger partial charge in [0.15, 0.2) is 0 Å². The van der Waals surface area contributed by atoms with Crippen molar-refractivity contribution in [1.82, 2.24) is 4.90 Å². The summed E-state index contributed by atoms with van der Waals surface area (Å²) >= 11 is 1.98. The van der Waals surface area contributed by atoms with E-state index >= 15 is 0 Å². The van der Waals surface area contributed by atoms with E-state index in [0.29, 0.717) is 12.3 Å². The van der Waals surface area contributed by atoms with Gasteiger partial charge in [0, 0.05) is 25.3 Å². The Morgan fingerprint density at radius 3 is 3.07 bits per heavy atom. The van der Waals surface area contributed by atoms with Crippen LogP contribution in [-0.2, 0) is 4.79 Å². The third-order valence-electron chi connectivity index (χ3n) is 2.62. The number of nitrogens with two attached hydrogens (primary N) is 1. The van der Waals surface area contributed by atoms with Crippen LogP contribution in [0, 0.1) is 5.92 Å². The fourth-order valence-electron chi connectivity index (χ4n) is 1.91. The second kappa shape index (κ2) is 6.30. The Labute approximate surface area is 90.4 Å². The van der Waals surface area contributed by atoms with E-state index in [0.717, 1.165) is 26.1 Å². The number of nitrogens with zero attached hydrogens (tertiary/aromatic N) is 1. The summed E-state index contributed by atoms with van der Waals surface area (Å²) < 4.78 is 0. The Morgan fingerprint density at radius 1 is 1.64 bits per heavy atom. The molecule has 1 heterocycles. The number of carbonyl (C=O) groups is 1. The first-order valence-corrected chi connectivity index (χ1v) is 6.46. The van der Waals surface area contributed by atoms with E-state index in [2.05, 4.69) is 11.8 Å². The number of amides is 1. The van der Waals surface area contributed by atoms with E-state index in [-0.39, 0.29) is 5.91 Å². The Bertz CT molecular complexity index is 187. The van der Waals surface area contributed by atoms with Crippen LogP contribution in [-0.4, -0.2) is 41.9 Å². The monoisotopic (exact) mass is 216 g/mol. The maximum Gasteiger partial charge on any atom is 0.217 e. The maximum atomic E-state index is 10.7. The minimum atomic E-state index is -0.153. The summed E-state index contributed by atoms with van der Waals surface area (Å²) in [7, 11) is 0. The Balaban J connectivity index is 2.11. The molecule has 1 aliphatic heterocycles. The van der Waals surface area contributed by atoms with Gasteiger partial charge in [-0.3, -0.25) is 4.79 Å². The van der Waals surface area contributed by atoms with Crippen molar-refractivity contribution >= 4 is 17.7 Å². The molecule has 0 spiro atoms. The number of thioether (sulfide) groups is 1. The zero-order chi connectivity index (χ0) is 10.4. The normalized spacial score (nSPS) is 22.8. The van der Waals surface area contributed by atoms with E-state index in [1.807, 2.05) is 11.8 Å². The summed E-state index contributed by atoms with van der Waals surface area (Å²) in [6.45, 7) is 5.55. The summed E-state index contributed by atoms with van der Waals surface area (Å²) in [5, 5.41) is 0. The lowest BCUT2D eigenvalue weighted by atomic mass is 10.1. The fraction of sp³-hybridized carbons (Fsp3) is 0.900. The molecule has 0 aliphatic carbocycles. The summed E-state index contributed by atoms with van der Waals surface area (Å²) in [6, 6.07) is 0. The fourth-order valence-corrected chi connectivity index (χ4v) is 2.58. The molecular formula is C10H20N2OS. The van der Waals surface area contributed by atoms with Crippen molar-refractivity contribution < 1.29 is 4.79 Å². The zero-order valence-corrected chi connectivity index (χ0v) is 9.68. The summed E-state index contributed by atoms with van der Waals surface area (Å²) in [5.74, 6) is 2.76. The Hall–Kier alpha value is -0.220. The molecule has 0 saturated carbocycles. The van der Waals surface area contributed by atoms with Crippen molar-refractivity contribution in [3.05, 3.63) is 0 Å². The molecule has 0 bridgehead atoms. The van der Waals surface area contributed by atoms with Gasteiger partial charge in [-0.2, -0.15) is 11.8 Å². The third-order valence-corrected chi connectivity index (χ3v) is 3.50. The van der Waals surface area contributed by atoms with Crippen LogP contribution >= 0.6 is 11.8 Å². The highest BCUT2D eigenvalue weighted by atomic mass is 32.2. The van der Waals surface area contributed by atoms with E-state index in [9.17, 15) is 4.79 Å². The number of rotatable bonds is 6. The van der Waals surface area contributed by atoms with Crippen LogP contribution in [0.2, 0.25) is 0 Å². The van der Waals surface area contributed by atoms with Crippen molar-refractivity contribution in [3.63, 3.8) is 0 Å². The minimum absolute atomic E-state index is 0.153. The van der Waals surface area contributed by atoms with Crippen LogP contribution in [0.1, 0.15) is 19.8 Å². The maximum absolute atomic E-state index is 10.7. The van der Waals surface area contributed by atoms with Gasteiger partial charge in [-0.15, -0.1) is 0 Å². The lowest BCUT2D eigenvalue weighted by Gasteiger charge is -2.14. The average Bonchev–Trinajstić information content (AvgIpc) is 2.52. The van der Waals surface area contributed by atoms with Gasteiger partial charge in [0.05, 0.1) is 0 Å². The summed E-state index contributed by atoms with van der Waals surface area (Å²) in [5.41, 5.74) is 5.18. The molecule has 1 aliphatic rings. The van der Waals surface area contributed by atoms with Gasteiger partial charge < -0.3 is 10.6 Å². The van der Waals surface area contributed by atoms with Gasteiger partial charge in [0.1, 0.15) is 0 Å². The van der Waals surface area contributed by atoms with Crippen molar-refractivity contribution in [2.24, 2.45) is 11.7 Å². The number of carbonyl (C=O) groups excluding carboxylic acids is 1. The van der Waals surface area contributed by atoms with Gasteiger partial charge in [-0.1, -0.05) is 6.92 Å². The van der Waals surface area contributed by atoms with Crippen molar-refractivity contribution in [2.45, 2.75) is 19.8 Å². The second-order valence-electron chi connectivity index (χ2n) is 3.82. The summed E-state index contributed by atoms with van der Waals surface area (Å²) in [6.07, 6.45) is 1.71. The Kier molecular flexibility index (Phi) is 5.33. The quantitative estimate of drug-likeness (QED) is 0.672. The van der Waals surface area contributed by atoms with E-state index in [1.165, 1.54) is 11.5 Å². The molecule has 0 aromatic carbocycles. The van der Waals surface area contributed by atoms with Gasteiger partial charge >= 0.3 is 0 Å². The number of hydrogen-bond donors (Lipinski definition) is 1. The molecule has 14 heavy (non-hydrogen) atoms. The average molecular weight is 216 g/mol. The van der Waals surface area contributed by atoms with Crippen LogP contribution in [0.25, 0.3) is 0 Å². The topological polar surface area (TPSA) is 46.3 Å². The van der Waals surface area contributed by atoms with Gasteiger partial charge in [0.2, 0.25) is 5.91 Å². The van der Waals surface area contributed by atoms with Crippen molar-refractivity contribution in [1.29, 1.82) is 0 Å². The Morgan fingerprint density at radius 2 is 2.43 bits per heavy atom. The highest BCUT2D eigenvalue weighted by Gasteiger charge is 2.22. The summed E-state index contributed by atoms with van der Waals surface area (Å²) in [4.78, 5) is 13.2. The lowest BCUT2D eigenvalue weighted by Crippen LogP contribution is -2.24. The van der Waals surface area contributed by atoms with Crippen molar-refractivity contribution in [2.75, 3.05) is 31.1 Å². The third kappa shape index (κ3) is 4.33. The molecular weight excluding hydrogens is 196 g/mol. The standard InChI is InChI=1S/C10H20N2OS/c1-2-14-6-5-12-4-3-9(8-12)7-10(11)13/h9H,2-8H2,1H3,(H2,11,13). The number of hydrogen-bond acceptors (Lipinski definition) is 3. The van der Waals surface area contributed by atoms with E-state index in [1.54, 1.807) is 0 Å². The molecule has 1 unspecified atom stereocenters. The first-order valence-electron chi connectivity index (χ1n) is 5.30. The van der Waals surface area contributed by atoms with Crippen molar-refractivity contribution in [3.8, 4) is 0 Å². The molecule has 0 aromatic heterocycles. The predicted octanol–water partition coefficient (Wildman–Crippen LogP) is 0.937. The van der Waals surface area contributed by atoms with E-state index in [4.69, 9.17) is 5.73 Å². The first kappa shape index (κ1) is 11.9. The highest BCUT2D eigenvalue weighted by Crippen LogP contribution is 2.19. The smallest absolute Gasteiger partial charge is 0.217 e. The second-order valence-corrected chi connectivity index (χ2v) is 5.22. The van der Waals surface area contributed by atoms with E-state index < -0.39 is 0 Å². The zero-order valence-electron chi connectivity index (χ0n) is 8.87. The molecule has 82 valence electrons. The molecule has 1 fully saturated rings. The lowest BCUT2D eigenvalue weighted by molar-refractivity contribution is -0.118. The first-order chi connectivity index (χ1) is 6.72. The van der Waals surface area contributed by atoms with Crippen LogP contribution in [0.5, 0.6) is 0 Å². The molecule has 4 heteroatoms. The molecule has 1 saturated heterocycles.